The van der Waals surface area contributed by atoms with Crippen LogP contribution in [0.15, 0.2) is 24.3 Å². The molecule has 2 aromatic rings. The number of nitrogen functional groups attached to an aromatic ring is 1. The Morgan fingerprint density at radius 2 is 1.95 bits per heavy atom. The van der Waals surface area contributed by atoms with Crippen molar-refractivity contribution in [1.29, 1.82) is 0 Å². The summed E-state index contributed by atoms with van der Waals surface area (Å²) in [5.74, 6) is -1.56. The van der Waals surface area contributed by atoms with E-state index in [9.17, 15) is 9.59 Å². The predicted molar refractivity (Wildman–Crippen MR) is 80.1 cm³/mol. The molecule has 0 saturated heterocycles. The maximum Gasteiger partial charge on any atom is 0.335 e. The molecule has 1 aromatic heterocycles. The molecule has 2 rings (SSSR count). The van der Waals surface area contributed by atoms with Crippen LogP contribution in [0.25, 0.3) is 0 Å². The van der Waals surface area contributed by atoms with Gasteiger partial charge in [-0.15, -0.1) is 11.3 Å². The molecule has 1 aromatic carbocycles. The Labute approximate surface area is 127 Å². The monoisotopic (exact) mass is 330 g/mol. The van der Waals surface area contributed by atoms with Crippen LogP contribution in [0.1, 0.15) is 20.7 Å². The zero-order valence-corrected chi connectivity index (χ0v) is 12.1. The van der Waals surface area contributed by atoms with Crippen molar-refractivity contribution in [3.05, 3.63) is 44.1 Å². The molecule has 1 heterocycles. The molecule has 0 saturated carbocycles. The molecule has 8 heteroatoms. The Balaban J connectivity index is 2.24. The Morgan fingerprint density at radius 1 is 1.25 bits per heavy atom. The molecular formula is C12H8Cl2N2O3S. The number of halogens is 2. The number of carboxylic acids is 1. The van der Waals surface area contributed by atoms with Gasteiger partial charge in [-0.3, -0.25) is 4.79 Å². The summed E-state index contributed by atoms with van der Waals surface area (Å²) in [4.78, 5) is 22.8. The highest BCUT2D eigenvalue weighted by atomic mass is 35.5. The van der Waals surface area contributed by atoms with Crippen molar-refractivity contribution < 1.29 is 14.7 Å². The van der Waals surface area contributed by atoms with Gasteiger partial charge in [0.15, 0.2) is 0 Å². The fraction of sp³-hybridized carbons (Fsp3) is 0. The number of rotatable bonds is 3. The van der Waals surface area contributed by atoms with E-state index in [-0.39, 0.29) is 21.2 Å². The van der Waals surface area contributed by atoms with Gasteiger partial charge in [0.2, 0.25) is 0 Å². The van der Waals surface area contributed by atoms with Crippen molar-refractivity contribution >= 4 is 57.8 Å². The Kier molecular flexibility index (Phi) is 4.17. The van der Waals surface area contributed by atoms with E-state index in [4.69, 9.17) is 34.0 Å². The van der Waals surface area contributed by atoms with Gasteiger partial charge in [-0.1, -0.05) is 23.2 Å². The normalized spacial score (nSPS) is 10.3. The topological polar surface area (TPSA) is 92.4 Å². The molecule has 0 aliphatic heterocycles. The van der Waals surface area contributed by atoms with Crippen molar-refractivity contribution in [2.24, 2.45) is 0 Å². The van der Waals surface area contributed by atoms with E-state index in [1.54, 1.807) is 0 Å². The number of carbonyl (C=O) groups is 2. The average molecular weight is 331 g/mol. The van der Waals surface area contributed by atoms with Crippen molar-refractivity contribution in [3.8, 4) is 0 Å². The first kappa shape index (κ1) is 14.6. The third kappa shape index (κ3) is 3.04. The molecule has 0 aliphatic rings. The minimum atomic E-state index is -1.10. The number of aromatic carboxylic acids is 1. The zero-order valence-electron chi connectivity index (χ0n) is 9.81. The van der Waals surface area contributed by atoms with E-state index < -0.39 is 11.9 Å². The lowest BCUT2D eigenvalue weighted by Crippen LogP contribution is -2.13. The van der Waals surface area contributed by atoms with Crippen LogP contribution in [0, 0.1) is 0 Å². The summed E-state index contributed by atoms with van der Waals surface area (Å²) in [6.45, 7) is 0. The smallest absolute Gasteiger partial charge is 0.335 e. The molecule has 20 heavy (non-hydrogen) atoms. The first-order valence-corrected chi connectivity index (χ1v) is 6.84. The minimum absolute atomic E-state index is 0.0390. The number of nitrogens with two attached hydrogens (primary N) is 1. The second-order valence-corrected chi connectivity index (χ2v) is 6.08. The van der Waals surface area contributed by atoms with Crippen LogP contribution < -0.4 is 11.1 Å². The lowest BCUT2D eigenvalue weighted by molar-refractivity contribution is 0.0697. The molecule has 4 N–H and O–H groups in total. The lowest BCUT2D eigenvalue weighted by Gasteiger charge is -2.08. The lowest BCUT2D eigenvalue weighted by atomic mass is 10.1. The number of carboxylic acid groups (broad SMARTS) is 1. The van der Waals surface area contributed by atoms with Crippen LogP contribution in [-0.4, -0.2) is 17.0 Å². The van der Waals surface area contributed by atoms with Crippen LogP contribution in [-0.2, 0) is 0 Å². The molecule has 5 nitrogen and oxygen atoms in total. The largest absolute Gasteiger partial charge is 0.478 e. The summed E-state index contributed by atoms with van der Waals surface area (Å²) in [5.41, 5.74) is 6.43. The highest BCUT2D eigenvalue weighted by Gasteiger charge is 2.16. The number of carbonyl (C=O) groups excluding carboxylic acids is 1. The quantitative estimate of drug-likeness (QED) is 0.750. The van der Waals surface area contributed by atoms with Crippen molar-refractivity contribution in [3.63, 3.8) is 0 Å². The van der Waals surface area contributed by atoms with Gasteiger partial charge in [0.05, 0.1) is 26.8 Å². The van der Waals surface area contributed by atoms with E-state index in [2.05, 4.69) is 5.32 Å². The summed E-state index contributed by atoms with van der Waals surface area (Å²) in [6, 6.07) is 5.47. The Morgan fingerprint density at radius 3 is 2.45 bits per heavy atom. The third-order valence-electron chi connectivity index (χ3n) is 2.45. The van der Waals surface area contributed by atoms with Crippen LogP contribution in [0.3, 0.4) is 0 Å². The van der Waals surface area contributed by atoms with Crippen LogP contribution in [0.2, 0.25) is 8.67 Å². The number of anilines is 2. The zero-order chi connectivity index (χ0) is 14.9. The molecule has 0 aliphatic carbocycles. The van der Waals surface area contributed by atoms with Gasteiger partial charge in [-0.25, -0.2) is 4.79 Å². The third-order valence-corrected chi connectivity index (χ3v) is 3.94. The maximum atomic E-state index is 12.0. The summed E-state index contributed by atoms with van der Waals surface area (Å²) >= 11 is 12.7. The summed E-state index contributed by atoms with van der Waals surface area (Å²) in [6.07, 6.45) is 0. The average Bonchev–Trinajstić information content (AvgIpc) is 2.70. The second-order valence-electron chi connectivity index (χ2n) is 3.80. The van der Waals surface area contributed by atoms with E-state index in [0.717, 1.165) is 11.3 Å². The number of nitrogens with one attached hydrogen (secondary N) is 1. The Bertz CT molecular complexity index is 700. The van der Waals surface area contributed by atoms with E-state index in [0.29, 0.717) is 10.0 Å². The highest BCUT2D eigenvalue weighted by Crippen LogP contribution is 2.32. The number of amides is 1. The number of hydrogen-bond donors (Lipinski definition) is 3. The van der Waals surface area contributed by atoms with E-state index in [1.807, 2.05) is 0 Å². The van der Waals surface area contributed by atoms with Gasteiger partial charge in [0, 0.05) is 0 Å². The van der Waals surface area contributed by atoms with E-state index in [1.165, 1.54) is 24.3 Å². The number of hydrogen-bond acceptors (Lipinski definition) is 4. The molecule has 0 unspecified atom stereocenters. The first-order valence-electron chi connectivity index (χ1n) is 5.27. The second kappa shape index (κ2) is 5.70. The summed E-state index contributed by atoms with van der Waals surface area (Å²) in [7, 11) is 0. The van der Waals surface area contributed by atoms with Gasteiger partial charge in [0.1, 0.15) is 4.34 Å². The molecule has 0 fully saturated rings. The van der Waals surface area contributed by atoms with Gasteiger partial charge in [0.25, 0.3) is 5.91 Å². The molecule has 0 radical (unpaired) electrons. The van der Waals surface area contributed by atoms with Gasteiger partial charge >= 0.3 is 5.97 Å². The molecule has 1 amide bonds. The van der Waals surface area contributed by atoms with Crippen molar-refractivity contribution in [2.45, 2.75) is 0 Å². The maximum absolute atomic E-state index is 12.0. The van der Waals surface area contributed by atoms with Crippen molar-refractivity contribution in [2.75, 3.05) is 11.1 Å². The number of benzene rings is 1. The summed E-state index contributed by atoms with van der Waals surface area (Å²) < 4.78 is 0.669. The predicted octanol–water partition coefficient (Wildman–Crippen LogP) is 3.59. The molecule has 104 valence electrons. The van der Waals surface area contributed by atoms with Gasteiger partial charge in [-0.05, 0) is 24.3 Å². The molecule has 0 atom stereocenters. The fourth-order valence-corrected chi connectivity index (χ4v) is 2.95. The van der Waals surface area contributed by atoms with Gasteiger partial charge < -0.3 is 16.2 Å². The van der Waals surface area contributed by atoms with Crippen LogP contribution in [0.5, 0.6) is 0 Å². The molecule has 0 spiro atoms. The number of thiophene rings is 1. The first-order chi connectivity index (χ1) is 9.38. The van der Waals surface area contributed by atoms with Crippen LogP contribution in [0.4, 0.5) is 11.4 Å². The summed E-state index contributed by atoms with van der Waals surface area (Å²) in [5, 5.41) is 11.4. The standard InChI is InChI=1S/C12H8Cl2N2O3S/c13-9-4-6(10(14)20-9)11(17)16-8-2-1-5(12(18)19)3-7(8)15/h1-4H,15H2,(H,16,17)(H,18,19). The SMILES string of the molecule is Nc1cc(C(=O)O)ccc1NC(=O)c1cc(Cl)sc1Cl. The Hall–Kier alpha value is -1.76. The van der Waals surface area contributed by atoms with Gasteiger partial charge in [-0.2, -0.15) is 0 Å². The van der Waals surface area contributed by atoms with Crippen LogP contribution >= 0.6 is 34.5 Å². The minimum Gasteiger partial charge on any atom is -0.478 e. The highest BCUT2D eigenvalue weighted by molar-refractivity contribution is 7.20. The van der Waals surface area contributed by atoms with E-state index >= 15 is 0 Å². The molecule has 0 bridgehead atoms. The van der Waals surface area contributed by atoms with Crippen molar-refractivity contribution in [1.82, 2.24) is 0 Å². The molecular weight excluding hydrogens is 323 g/mol. The fourth-order valence-electron chi connectivity index (χ4n) is 1.49.